The van der Waals surface area contributed by atoms with Gasteiger partial charge in [0, 0.05) is 15.1 Å². The van der Waals surface area contributed by atoms with Crippen LogP contribution in [0.3, 0.4) is 0 Å². The summed E-state index contributed by atoms with van der Waals surface area (Å²) in [7, 11) is 0. The Morgan fingerprint density at radius 3 is 1.84 bits per heavy atom. The predicted molar refractivity (Wildman–Crippen MR) is 115 cm³/mol. The number of aryl methyl sites for hydroxylation is 4. The third-order valence-corrected chi connectivity index (χ3v) is 7.36. The lowest BCUT2D eigenvalue weighted by atomic mass is 10.0. The number of fused-ring (bicyclic) bond motifs is 1. The Labute approximate surface area is 160 Å². The molecule has 3 aromatic rings. The minimum absolute atomic E-state index is 1.16. The molecular formula is C23H30S2. The van der Waals surface area contributed by atoms with Crippen molar-refractivity contribution in [2.24, 2.45) is 0 Å². The summed E-state index contributed by atoms with van der Waals surface area (Å²) >= 11 is 4.03. The first kappa shape index (κ1) is 18.7. The largest absolute Gasteiger partial charge is 0.129 e. The molecule has 0 aliphatic rings. The monoisotopic (exact) mass is 370 g/mol. The van der Waals surface area contributed by atoms with Gasteiger partial charge in [0.15, 0.2) is 0 Å². The fourth-order valence-corrected chi connectivity index (χ4v) is 5.84. The standard InChI is InChI=1S/C23H30S2/c1-3-5-7-9-21-16-20-17-22(25-23(20)24-21)15-14-19-12-10-18(11-13-19)8-6-4-2/h10-13,16-17H,3-9,14-15H2,1-2H3. The van der Waals surface area contributed by atoms with Crippen molar-refractivity contribution in [2.75, 3.05) is 0 Å². The minimum atomic E-state index is 1.16. The maximum absolute atomic E-state index is 2.43. The number of benzene rings is 1. The van der Waals surface area contributed by atoms with Crippen LogP contribution in [-0.4, -0.2) is 0 Å². The van der Waals surface area contributed by atoms with E-state index in [-0.39, 0.29) is 0 Å². The van der Waals surface area contributed by atoms with E-state index in [2.05, 4.69) is 50.2 Å². The highest BCUT2D eigenvalue weighted by Gasteiger charge is 2.07. The van der Waals surface area contributed by atoms with Crippen molar-refractivity contribution in [2.45, 2.75) is 71.6 Å². The second-order valence-electron chi connectivity index (χ2n) is 7.05. The van der Waals surface area contributed by atoms with Crippen LogP contribution >= 0.6 is 22.7 Å². The van der Waals surface area contributed by atoms with Gasteiger partial charge in [0.2, 0.25) is 0 Å². The summed E-state index contributed by atoms with van der Waals surface area (Å²) in [5, 5.41) is 1.48. The molecule has 0 radical (unpaired) electrons. The zero-order valence-corrected chi connectivity index (χ0v) is 17.3. The van der Waals surface area contributed by atoms with Crippen molar-refractivity contribution >= 4 is 32.1 Å². The highest BCUT2D eigenvalue weighted by Crippen LogP contribution is 2.34. The quantitative estimate of drug-likeness (QED) is 0.319. The van der Waals surface area contributed by atoms with Crippen molar-refractivity contribution in [3.8, 4) is 0 Å². The molecule has 0 fully saturated rings. The molecule has 0 saturated heterocycles. The van der Waals surface area contributed by atoms with Crippen LogP contribution in [0, 0.1) is 0 Å². The van der Waals surface area contributed by atoms with E-state index >= 15 is 0 Å². The summed E-state index contributed by atoms with van der Waals surface area (Å²) in [5.41, 5.74) is 2.95. The Hall–Kier alpha value is -1.12. The van der Waals surface area contributed by atoms with E-state index in [0.717, 1.165) is 6.42 Å². The van der Waals surface area contributed by atoms with Crippen LogP contribution in [0.15, 0.2) is 36.4 Å². The molecule has 2 heteroatoms. The lowest BCUT2D eigenvalue weighted by Crippen LogP contribution is -1.90. The average molecular weight is 371 g/mol. The zero-order chi connectivity index (χ0) is 17.5. The van der Waals surface area contributed by atoms with Crippen LogP contribution < -0.4 is 0 Å². The Bertz CT molecular complexity index is 730. The molecule has 0 spiro atoms. The van der Waals surface area contributed by atoms with Gasteiger partial charge in [-0.05, 0) is 61.8 Å². The second-order valence-corrected chi connectivity index (χ2v) is 9.58. The van der Waals surface area contributed by atoms with Gasteiger partial charge in [0.1, 0.15) is 0 Å². The van der Waals surface area contributed by atoms with E-state index in [4.69, 9.17) is 0 Å². The van der Waals surface area contributed by atoms with E-state index < -0.39 is 0 Å². The number of unbranched alkanes of at least 4 members (excludes halogenated alkanes) is 3. The highest BCUT2D eigenvalue weighted by molar-refractivity contribution is 7.38. The Morgan fingerprint density at radius 2 is 1.24 bits per heavy atom. The summed E-state index contributed by atoms with van der Waals surface area (Å²) in [6, 6.07) is 14.1. The lowest BCUT2D eigenvalue weighted by Gasteiger charge is -2.03. The van der Waals surface area contributed by atoms with Gasteiger partial charge >= 0.3 is 0 Å². The second kappa shape index (κ2) is 9.54. The first-order chi connectivity index (χ1) is 12.3. The van der Waals surface area contributed by atoms with Crippen LogP contribution in [0.1, 0.15) is 66.8 Å². The van der Waals surface area contributed by atoms with Gasteiger partial charge < -0.3 is 0 Å². The van der Waals surface area contributed by atoms with Crippen molar-refractivity contribution in [3.63, 3.8) is 0 Å². The van der Waals surface area contributed by atoms with Crippen LogP contribution in [0.25, 0.3) is 9.40 Å². The summed E-state index contributed by atoms with van der Waals surface area (Å²) in [6.45, 7) is 4.53. The first-order valence-corrected chi connectivity index (χ1v) is 11.5. The summed E-state index contributed by atoms with van der Waals surface area (Å²) < 4.78 is 1.52. The average Bonchev–Trinajstić information content (AvgIpc) is 3.17. The van der Waals surface area contributed by atoms with E-state index in [9.17, 15) is 0 Å². The molecule has 134 valence electrons. The van der Waals surface area contributed by atoms with Crippen molar-refractivity contribution in [3.05, 3.63) is 57.3 Å². The number of thiophene rings is 2. The minimum Gasteiger partial charge on any atom is -0.129 e. The molecule has 1 aromatic carbocycles. The van der Waals surface area contributed by atoms with Crippen LogP contribution in [0.4, 0.5) is 0 Å². The predicted octanol–water partition coefficient (Wildman–Crippen LogP) is 7.82. The maximum atomic E-state index is 2.43. The third-order valence-electron chi connectivity index (χ3n) is 4.85. The third kappa shape index (κ3) is 5.43. The molecule has 2 heterocycles. The summed E-state index contributed by atoms with van der Waals surface area (Å²) in [6.07, 6.45) is 11.4. The summed E-state index contributed by atoms with van der Waals surface area (Å²) in [5.74, 6) is 0. The molecule has 0 aliphatic carbocycles. The number of hydrogen-bond donors (Lipinski definition) is 0. The fraction of sp³-hybridized carbons (Fsp3) is 0.478. The van der Waals surface area contributed by atoms with Gasteiger partial charge in [0.25, 0.3) is 0 Å². The van der Waals surface area contributed by atoms with E-state index in [1.165, 1.54) is 76.8 Å². The molecule has 0 amide bonds. The zero-order valence-electron chi connectivity index (χ0n) is 15.6. The topological polar surface area (TPSA) is 0 Å². The molecule has 0 atom stereocenters. The molecule has 0 N–H and O–H groups in total. The van der Waals surface area contributed by atoms with E-state index in [1.807, 2.05) is 22.7 Å². The van der Waals surface area contributed by atoms with Crippen LogP contribution in [-0.2, 0) is 25.7 Å². The molecule has 3 rings (SSSR count). The van der Waals surface area contributed by atoms with E-state index in [0.29, 0.717) is 0 Å². The van der Waals surface area contributed by atoms with Gasteiger partial charge in [-0.15, -0.1) is 22.7 Å². The van der Waals surface area contributed by atoms with Crippen molar-refractivity contribution in [1.29, 1.82) is 0 Å². The van der Waals surface area contributed by atoms with Gasteiger partial charge in [-0.25, -0.2) is 0 Å². The normalized spacial score (nSPS) is 11.4. The van der Waals surface area contributed by atoms with Crippen LogP contribution in [0.5, 0.6) is 0 Å². The molecule has 0 aliphatic heterocycles. The molecule has 0 nitrogen and oxygen atoms in total. The molecule has 0 saturated carbocycles. The van der Waals surface area contributed by atoms with Crippen molar-refractivity contribution < 1.29 is 0 Å². The Balaban J connectivity index is 1.53. The molecular weight excluding hydrogens is 340 g/mol. The molecule has 0 bridgehead atoms. The SMILES string of the molecule is CCCCCc1cc2cc(CCc3ccc(CCCC)cc3)sc2s1. The van der Waals surface area contributed by atoms with Crippen molar-refractivity contribution in [1.82, 2.24) is 0 Å². The Kier molecular flexibility index (Phi) is 7.12. The first-order valence-electron chi connectivity index (χ1n) is 9.87. The van der Waals surface area contributed by atoms with Crippen LogP contribution in [0.2, 0.25) is 0 Å². The number of rotatable bonds is 10. The van der Waals surface area contributed by atoms with Gasteiger partial charge in [0.05, 0.1) is 4.01 Å². The lowest BCUT2D eigenvalue weighted by molar-refractivity contribution is 0.723. The summed E-state index contributed by atoms with van der Waals surface area (Å²) in [4.78, 5) is 3.11. The molecule has 0 unspecified atom stereocenters. The highest BCUT2D eigenvalue weighted by atomic mass is 32.2. The van der Waals surface area contributed by atoms with Gasteiger partial charge in [-0.2, -0.15) is 0 Å². The Morgan fingerprint density at radius 1 is 0.640 bits per heavy atom. The number of hydrogen-bond acceptors (Lipinski definition) is 2. The van der Waals surface area contributed by atoms with Gasteiger partial charge in [-0.1, -0.05) is 57.4 Å². The molecule has 2 aromatic heterocycles. The fourth-order valence-electron chi connectivity index (χ4n) is 3.26. The molecule has 25 heavy (non-hydrogen) atoms. The smallest absolute Gasteiger partial charge is 0.0870 e. The van der Waals surface area contributed by atoms with Gasteiger partial charge in [-0.3, -0.25) is 0 Å². The van der Waals surface area contributed by atoms with E-state index in [1.54, 1.807) is 4.88 Å². The maximum Gasteiger partial charge on any atom is 0.0870 e.